The third-order valence-electron chi connectivity index (χ3n) is 4.58. The van der Waals surface area contributed by atoms with E-state index < -0.39 is 0 Å². The highest BCUT2D eigenvalue weighted by Gasteiger charge is 2.24. The van der Waals surface area contributed by atoms with E-state index in [4.69, 9.17) is 11.6 Å². The summed E-state index contributed by atoms with van der Waals surface area (Å²) in [4.78, 5) is 14.4. The molecule has 1 aromatic heterocycles. The molecule has 1 amide bonds. The lowest BCUT2D eigenvalue weighted by Gasteiger charge is -2.26. The molecular formula is C21H18ClN3O. The Bertz CT molecular complexity index is 945. The standard InChI is InChI=1S/C21H18ClN3O/c22-17-9-7-16(8-10-17)21-18-14-25(13-12-19(18)23-24-21)20(26)11-6-15-4-2-1-3-5-15/h1-11H,12-14H2,(H,23,24)/b11-6+. The van der Waals surface area contributed by atoms with Gasteiger partial charge < -0.3 is 4.90 Å². The molecule has 26 heavy (non-hydrogen) atoms. The van der Waals surface area contributed by atoms with Crippen molar-refractivity contribution < 1.29 is 4.79 Å². The lowest BCUT2D eigenvalue weighted by molar-refractivity contribution is -0.126. The maximum atomic E-state index is 12.6. The fourth-order valence-electron chi connectivity index (χ4n) is 3.17. The summed E-state index contributed by atoms with van der Waals surface area (Å²) in [6, 6.07) is 17.5. The van der Waals surface area contributed by atoms with E-state index in [1.165, 1.54) is 0 Å². The van der Waals surface area contributed by atoms with Crippen LogP contribution < -0.4 is 0 Å². The molecule has 0 saturated carbocycles. The first kappa shape index (κ1) is 16.6. The molecule has 130 valence electrons. The van der Waals surface area contributed by atoms with Crippen molar-refractivity contribution in [1.82, 2.24) is 15.1 Å². The van der Waals surface area contributed by atoms with E-state index in [9.17, 15) is 4.79 Å². The fourth-order valence-corrected chi connectivity index (χ4v) is 3.29. The maximum absolute atomic E-state index is 12.6. The highest BCUT2D eigenvalue weighted by molar-refractivity contribution is 6.30. The molecule has 5 heteroatoms. The minimum Gasteiger partial charge on any atom is -0.334 e. The highest BCUT2D eigenvalue weighted by atomic mass is 35.5. The second kappa shape index (κ2) is 7.18. The van der Waals surface area contributed by atoms with Crippen LogP contribution in [0.15, 0.2) is 60.7 Å². The number of rotatable bonds is 3. The molecule has 0 fully saturated rings. The molecule has 0 aliphatic carbocycles. The van der Waals surface area contributed by atoms with Gasteiger partial charge in [0.2, 0.25) is 5.91 Å². The van der Waals surface area contributed by atoms with Crippen molar-refractivity contribution in [3.05, 3.63) is 82.5 Å². The average molecular weight is 364 g/mol. The average Bonchev–Trinajstić information content (AvgIpc) is 3.11. The van der Waals surface area contributed by atoms with Crippen LogP contribution in [0.3, 0.4) is 0 Å². The molecule has 0 unspecified atom stereocenters. The first-order valence-electron chi connectivity index (χ1n) is 8.55. The zero-order valence-electron chi connectivity index (χ0n) is 14.2. The summed E-state index contributed by atoms with van der Waals surface area (Å²) < 4.78 is 0. The second-order valence-electron chi connectivity index (χ2n) is 6.29. The van der Waals surface area contributed by atoms with Gasteiger partial charge in [-0.2, -0.15) is 5.10 Å². The molecule has 0 radical (unpaired) electrons. The van der Waals surface area contributed by atoms with Crippen molar-refractivity contribution in [2.75, 3.05) is 6.54 Å². The molecule has 1 aliphatic heterocycles. The molecular weight excluding hydrogens is 346 g/mol. The van der Waals surface area contributed by atoms with E-state index in [2.05, 4.69) is 10.2 Å². The zero-order valence-corrected chi connectivity index (χ0v) is 14.9. The Kier molecular flexibility index (Phi) is 4.59. The summed E-state index contributed by atoms with van der Waals surface area (Å²) in [6.45, 7) is 1.25. The second-order valence-corrected chi connectivity index (χ2v) is 6.73. The molecule has 1 N–H and O–H groups in total. The Morgan fingerprint density at radius 2 is 1.88 bits per heavy atom. The van der Waals surface area contributed by atoms with Crippen LogP contribution in [0.25, 0.3) is 17.3 Å². The van der Waals surface area contributed by atoms with E-state index in [1.807, 2.05) is 65.6 Å². The number of halogens is 1. The van der Waals surface area contributed by atoms with Gasteiger partial charge in [0, 0.05) is 47.4 Å². The number of carbonyl (C=O) groups excluding carboxylic acids is 1. The molecule has 4 nitrogen and oxygen atoms in total. The number of hydrogen-bond donors (Lipinski definition) is 1. The molecule has 3 aromatic rings. The van der Waals surface area contributed by atoms with Crippen molar-refractivity contribution in [1.29, 1.82) is 0 Å². The van der Waals surface area contributed by atoms with Crippen LogP contribution in [0, 0.1) is 0 Å². The smallest absolute Gasteiger partial charge is 0.246 e. The molecule has 0 saturated heterocycles. The Labute approximate surface area is 157 Å². The van der Waals surface area contributed by atoms with Gasteiger partial charge in [0.25, 0.3) is 0 Å². The molecule has 0 bridgehead atoms. The maximum Gasteiger partial charge on any atom is 0.246 e. The number of aromatic nitrogens is 2. The fraction of sp³-hybridized carbons (Fsp3) is 0.143. The van der Waals surface area contributed by atoms with Crippen molar-refractivity contribution in [3.63, 3.8) is 0 Å². The third kappa shape index (κ3) is 3.41. The van der Waals surface area contributed by atoms with Crippen molar-refractivity contribution in [3.8, 4) is 11.3 Å². The van der Waals surface area contributed by atoms with E-state index in [0.717, 1.165) is 34.5 Å². The lowest BCUT2D eigenvalue weighted by atomic mass is 10.0. The van der Waals surface area contributed by atoms with E-state index in [-0.39, 0.29) is 5.91 Å². The topological polar surface area (TPSA) is 49.0 Å². The molecule has 0 atom stereocenters. The SMILES string of the molecule is O=C(/C=C/c1ccccc1)N1CCc2[nH]nc(-c3ccc(Cl)cc3)c2C1. The summed E-state index contributed by atoms with van der Waals surface area (Å²) in [6.07, 6.45) is 4.27. The molecule has 2 heterocycles. The quantitative estimate of drug-likeness (QED) is 0.704. The predicted octanol–water partition coefficient (Wildman–Crippen LogP) is 4.33. The Hall–Kier alpha value is -2.85. The third-order valence-corrected chi connectivity index (χ3v) is 4.83. The normalized spacial score (nSPS) is 13.8. The molecule has 4 rings (SSSR count). The number of H-pyrrole nitrogens is 1. The number of carbonyl (C=O) groups is 1. The van der Waals surface area contributed by atoms with Crippen molar-refractivity contribution in [2.45, 2.75) is 13.0 Å². The minimum atomic E-state index is 0.0164. The van der Waals surface area contributed by atoms with Crippen LogP contribution >= 0.6 is 11.6 Å². The molecule has 1 aliphatic rings. The molecule has 0 spiro atoms. The highest BCUT2D eigenvalue weighted by Crippen LogP contribution is 2.29. The number of hydrogen-bond acceptors (Lipinski definition) is 2. The van der Waals surface area contributed by atoms with Gasteiger partial charge in [-0.05, 0) is 23.8 Å². The zero-order chi connectivity index (χ0) is 17.9. The van der Waals surface area contributed by atoms with Gasteiger partial charge in [0.05, 0.1) is 5.69 Å². The number of nitrogens with one attached hydrogen (secondary N) is 1. The van der Waals surface area contributed by atoms with Gasteiger partial charge in [-0.3, -0.25) is 9.89 Å². The first-order valence-corrected chi connectivity index (χ1v) is 8.92. The van der Waals surface area contributed by atoms with Gasteiger partial charge >= 0.3 is 0 Å². The van der Waals surface area contributed by atoms with Crippen LogP contribution in [-0.2, 0) is 17.8 Å². The van der Waals surface area contributed by atoms with Crippen molar-refractivity contribution in [2.24, 2.45) is 0 Å². The summed E-state index contributed by atoms with van der Waals surface area (Å²) in [5.74, 6) is 0.0164. The summed E-state index contributed by atoms with van der Waals surface area (Å²) in [7, 11) is 0. The van der Waals surface area contributed by atoms with E-state index in [1.54, 1.807) is 6.08 Å². The first-order chi connectivity index (χ1) is 12.7. The summed E-state index contributed by atoms with van der Waals surface area (Å²) in [5.41, 5.74) is 5.09. The summed E-state index contributed by atoms with van der Waals surface area (Å²) in [5, 5.41) is 8.27. The van der Waals surface area contributed by atoms with Crippen LogP contribution in [0.2, 0.25) is 5.02 Å². The largest absolute Gasteiger partial charge is 0.334 e. The van der Waals surface area contributed by atoms with Crippen LogP contribution in [-0.4, -0.2) is 27.5 Å². The lowest BCUT2D eigenvalue weighted by Crippen LogP contribution is -2.34. The van der Waals surface area contributed by atoms with Gasteiger partial charge in [0.15, 0.2) is 0 Å². The van der Waals surface area contributed by atoms with Crippen LogP contribution in [0.1, 0.15) is 16.8 Å². The van der Waals surface area contributed by atoms with Gasteiger partial charge in [-0.1, -0.05) is 54.1 Å². The summed E-state index contributed by atoms with van der Waals surface area (Å²) >= 11 is 5.98. The van der Waals surface area contributed by atoms with Crippen molar-refractivity contribution >= 4 is 23.6 Å². The van der Waals surface area contributed by atoms with Gasteiger partial charge in [-0.15, -0.1) is 0 Å². The number of nitrogens with zero attached hydrogens (tertiary/aromatic N) is 2. The number of amides is 1. The van der Waals surface area contributed by atoms with Gasteiger partial charge in [-0.25, -0.2) is 0 Å². The van der Waals surface area contributed by atoms with E-state index in [0.29, 0.717) is 18.1 Å². The predicted molar refractivity (Wildman–Crippen MR) is 104 cm³/mol. The Balaban J connectivity index is 1.54. The number of aromatic amines is 1. The van der Waals surface area contributed by atoms with Crippen LogP contribution in [0.4, 0.5) is 0 Å². The van der Waals surface area contributed by atoms with Gasteiger partial charge in [0.1, 0.15) is 0 Å². The Morgan fingerprint density at radius 3 is 2.65 bits per heavy atom. The minimum absolute atomic E-state index is 0.0164. The number of benzene rings is 2. The monoisotopic (exact) mass is 363 g/mol. The van der Waals surface area contributed by atoms with E-state index >= 15 is 0 Å². The molecule has 2 aromatic carbocycles. The Morgan fingerprint density at radius 1 is 1.12 bits per heavy atom. The number of fused-ring (bicyclic) bond motifs is 1. The van der Waals surface area contributed by atoms with Crippen LogP contribution in [0.5, 0.6) is 0 Å².